The summed E-state index contributed by atoms with van der Waals surface area (Å²) in [6.45, 7) is 8.68. The Morgan fingerprint density at radius 2 is 1.82 bits per heavy atom. The van der Waals surface area contributed by atoms with Gasteiger partial charge in [0.2, 0.25) is 0 Å². The summed E-state index contributed by atoms with van der Waals surface area (Å²) in [6.07, 6.45) is 6.04. The maximum atomic E-state index is 10.2. The van der Waals surface area contributed by atoms with Crippen molar-refractivity contribution in [2.75, 3.05) is 0 Å². The summed E-state index contributed by atoms with van der Waals surface area (Å²) in [6, 6.07) is 0. The van der Waals surface area contributed by atoms with Gasteiger partial charge in [0.1, 0.15) is 0 Å². The van der Waals surface area contributed by atoms with E-state index in [0.29, 0.717) is 28.5 Å². The molecule has 0 aromatic carbocycles. The Morgan fingerprint density at radius 3 is 2.41 bits per heavy atom. The van der Waals surface area contributed by atoms with Crippen LogP contribution < -0.4 is 0 Å². The highest BCUT2D eigenvalue weighted by atomic mass is 35.5. The fourth-order valence-electron chi connectivity index (χ4n) is 4.18. The topological polar surface area (TPSA) is 20.2 Å². The highest BCUT2D eigenvalue weighted by Gasteiger charge is 2.49. The maximum Gasteiger partial charge on any atom is 0.0619 e. The van der Waals surface area contributed by atoms with Gasteiger partial charge in [-0.05, 0) is 69.1 Å². The largest absolute Gasteiger partial charge is 0.390 e. The van der Waals surface area contributed by atoms with E-state index in [9.17, 15) is 5.11 Å². The first-order chi connectivity index (χ1) is 7.74. The van der Waals surface area contributed by atoms with Gasteiger partial charge in [0.05, 0.1) is 5.60 Å². The van der Waals surface area contributed by atoms with Crippen LogP contribution in [0.3, 0.4) is 0 Å². The second-order valence-corrected chi connectivity index (χ2v) is 7.86. The molecule has 2 saturated carbocycles. The number of fused-ring (bicyclic) bond motifs is 1. The van der Waals surface area contributed by atoms with E-state index >= 15 is 0 Å². The van der Waals surface area contributed by atoms with Crippen molar-refractivity contribution in [1.82, 2.24) is 0 Å². The molecule has 100 valence electrons. The number of hydrogen-bond acceptors (Lipinski definition) is 1. The molecule has 17 heavy (non-hydrogen) atoms. The SMILES string of the molecule is C[C@@H]1[C@H](Cl)CC[C@]2(C)CC[C@@H](C(C)(C)O)C[C@@H]12. The van der Waals surface area contributed by atoms with Crippen LogP contribution in [-0.4, -0.2) is 16.1 Å². The monoisotopic (exact) mass is 258 g/mol. The first-order valence-electron chi connectivity index (χ1n) is 7.10. The molecule has 0 unspecified atom stereocenters. The van der Waals surface area contributed by atoms with Crippen molar-refractivity contribution < 1.29 is 5.11 Å². The molecule has 1 nitrogen and oxygen atoms in total. The molecule has 2 heteroatoms. The maximum absolute atomic E-state index is 10.2. The molecule has 2 fully saturated rings. The van der Waals surface area contributed by atoms with Crippen molar-refractivity contribution >= 4 is 11.6 Å². The van der Waals surface area contributed by atoms with Crippen molar-refractivity contribution in [2.45, 2.75) is 70.8 Å². The van der Waals surface area contributed by atoms with Gasteiger partial charge in [-0.25, -0.2) is 0 Å². The van der Waals surface area contributed by atoms with E-state index in [2.05, 4.69) is 13.8 Å². The van der Waals surface area contributed by atoms with Crippen LogP contribution in [0.1, 0.15) is 59.8 Å². The number of alkyl halides is 1. The first-order valence-corrected chi connectivity index (χ1v) is 7.54. The number of hydrogen-bond donors (Lipinski definition) is 1. The molecule has 2 aliphatic carbocycles. The lowest BCUT2D eigenvalue weighted by Crippen LogP contribution is -2.48. The fraction of sp³-hybridized carbons (Fsp3) is 1.00. The van der Waals surface area contributed by atoms with E-state index in [-0.39, 0.29) is 0 Å². The van der Waals surface area contributed by atoms with E-state index in [1.807, 2.05) is 13.8 Å². The smallest absolute Gasteiger partial charge is 0.0619 e. The lowest BCUT2D eigenvalue weighted by Gasteiger charge is -2.53. The molecule has 5 atom stereocenters. The zero-order chi connectivity index (χ0) is 12.8. The molecular weight excluding hydrogens is 232 g/mol. The average molecular weight is 259 g/mol. The van der Waals surface area contributed by atoms with Crippen LogP contribution in [0.25, 0.3) is 0 Å². The Balaban J connectivity index is 2.15. The summed E-state index contributed by atoms with van der Waals surface area (Å²) < 4.78 is 0. The van der Waals surface area contributed by atoms with Gasteiger partial charge in [0, 0.05) is 5.38 Å². The van der Waals surface area contributed by atoms with E-state index < -0.39 is 5.60 Å². The van der Waals surface area contributed by atoms with Crippen LogP contribution in [0.15, 0.2) is 0 Å². The van der Waals surface area contributed by atoms with Crippen molar-refractivity contribution in [1.29, 1.82) is 0 Å². The minimum absolute atomic E-state index is 0.341. The number of aliphatic hydroxyl groups is 1. The molecule has 0 aromatic heterocycles. The highest BCUT2D eigenvalue weighted by molar-refractivity contribution is 6.20. The molecule has 2 aliphatic rings. The predicted molar refractivity (Wildman–Crippen MR) is 73.3 cm³/mol. The molecule has 0 aromatic rings. The van der Waals surface area contributed by atoms with Crippen molar-refractivity contribution in [3.05, 3.63) is 0 Å². The molecule has 0 radical (unpaired) electrons. The van der Waals surface area contributed by atoms with Crippen LogP contribution in [0.5, 0.6) is 0 Å². The van der Waals surface area contributed by atoms with E-state index in [1.54, 1.807) is 0 Å². The summed E-state index contributed by atoms with van der Waals surface area (Å²) in [5.41, 5.74) is -0.0487. The van der Waals surface area contributed by atoms with Crippen LogP contribution >= 0.6 is 11.6 Å². The number of rotatable bonds is 1. The minimum Gasteiger partial charge on any atom is -0.390 e. The Morgan fingerprint density at radius 1 is 1.24 bits per heavy atom. The molecule has 2 rings (SSSR count). The van der Waals surface area contributed by atoms with Gasteiger partial charge in [0.15, 0.2) is 0 Å². The lowest BCUT2D eigenvalue weighted by molar-refractivity contribution is -0.0677. The summed E-state index contributed by atoms with van der Waals surface area (Å²) in [5.74, 6) is 1.74. The van der Waals surface area contributed by atoms with Crippen molar-refractivity contribution in [3.63, 3.8) is 0 Å². The molecule has 1 N–H and O–H groups in total. The third kappa shape index (κ3) is 2.51. The van der Waals surface area contributed by atoms with Gasteiger partial charge in [-0.15, -0.1) is 11.6 Å². The van der Waals surface area contributed by atoms with Crippen LogP contribution in [0.2, 0.25) is 0 Å². The van der Waals surface area contributed by atoms with E-state index in [4.69, 9.17) is 11.6 Å². The van der Waals surface area contributed by atoms with Gasteiger partial charge < -0.3 is 5.11 Å². The minimum atomic E-state index is -0.527. The zero-order valence-corrected chi connectivity index (χ0v) is 12.4. The second kappa shape index (κ2) is 4.42. The third-order valence-corrected chi connectivity index (χ3v) is 6.31. The van der Waals surface area contributed by atoms with Crippen molar-refractivity contribution in [3.8, 4) is 0 Å². The lowest BCUT2D eigenvalue weighted by atomic mass is 9.53. The summed E-state index contributed by atoms with van der Waals surface area (Å²) in [4.78, 5) is 0. The van der Waals surface area contributed by atoms with Crippen molar-refractivity contribution in [2.24, 2.45) is 23.2 Å². The molecule has 0 heterocycles. The van der Waals surface area contributed by atoms with Gasteiger partial charge in [0.25, 0.3) is 0 Å². The second-order valence-electron chi connectivity index (χ2n) is 7.30. The third-order valence-electron chi connectivity index (χ3n) is 5.69. The van der Waals surface area contributed by atoms with Gasteiger partial charge in [-0.3, -0.25) is 0 Å². The Labute approximate surface area is 111 Å². The number of halogens is 1. The molecular formula is C15H27ClO. The average Bonchev–Trinajstić information content (AvgIpc) is 2.22. The quantitative estimate of drug-likeness (QED) is 0.699. The molecule has 0 aliphatic heterocycles. The van der Waals surface area contributed by atoms with E-state index in [1.165, 1.54) is 25.7 Å². The summed E-state index contributed by atoms with van der Waals surface area (Å²) in [7, 11) is 0. The highest BCUT2D eigenvalue weighted by Crippen LogP contribution is 2.56. The Bertz CT molecular complexity index is 283. The summed E-state index contributed by atoms with van der Waals surface area (Å²) >= 11 is 6.45. The Hall–Kier alpha value is 0.250. The summed E-state index contributed by atoms with van der Waals surface area (Å²) in [5, 5.41) is 10.6. The molecule has 0 spiro atoms. The Kier molecular flexibility index (Phi) is 3.55. The molecule has 0 bridgehead atoms. The predicted octanol–water partition coefficient (Wildman–Crippen LogP) is 4.22. The fourth-order valence-corrected chi connectivity index (χ4v) is 4.47. The van der Waals surface area contributed by atoms with Gasteiger partial charge in [-0.1, -0.05) is 13.8 Å². The van der Waals surface area contributed by atoms with Crippen LogP contribution in [-0.2, 0) is 0 Å². The normalized spacial score (nSPS) is 47.6. The van der Waals surface area contributed by atoms with Gasteiger partial charge >= 0.3 is 0 Å². The van der Waals surface area contributed by atoms with Crippen LogP contribution in [0.4, 0.5) is 0 Å². The van der Waals surface area contributed by atoms with Crippen LogP contribution in [0, 0.1) is 23.2 Å². The van der Waals surface area contributed by atoms with Gasteiger partial charge in [-0.2, -0.15) is 0 Å². The van der Waals surface area contributed by atoms with E-state index in [0.717, 1.165) is 6.42 Å². The molecule has 0 saturated heterocycles. The first kappa shape index (κ1) is 13.7. The zero-order valence-electron chi connectivity index (χ0n) is 11.7. The molecule has 0 amide bonds. The standard InChI is InChI=1S/C15H27ClO/c1-10-12-9-11(14(2,3)17)5-7-15(12,4)8-6-13(10)16/h10-13,17H,5-9H2,1-4H3/t10-,11+,12-,13+,15-/m0/s1.